The molecule has 0 saturated carbocycles. The van der Waals surface area contributed by atoms with E-state index in [2.05, 4.69) is 6.07 Å². The fourth-order valence-electron chi connectivity index (χ4n) is 1.29. The van der Waals surface area contributed by atoms with Crippen molar-refractivity contribution in [2.45, 2.75) is 19.0 Å². The lowest BCUT2D eigenvalue weighted by Gasteiger charge is -2.16. The van der Waals surface area contributed by atoms with Crippen LogP contribution in [-0.4, -0.2) is 9.79 Å². The van der Waals surface area contributed by atoms with E-state index in [4.69, 9.17) is 9.79 Å². The number of rotatable bonds is 3. The van der Waals surface area contributed by atoms with Crippen molar-refractivity contribution in [3.05, 3.63) is 35.9 Å². The highest BCUT2D eigenvalue weighted by molar-refractivity contribution is 7.52. The minimum Gasteiger partial charge on any atom is -0.324 e. The third-order valence-corrected chi connectivity index (χ3v) is 3.40. The van der Waals surface area contributed by atoms with E-state index in [1.807, 2.05) is 0 Å². The van der Waals surface area contributed by atoms with Crippen molar-refractivity contribution < 1.29 is 14.4 Å². The van der Waals surface area contributed by atoms with Gasteiger partial charge in [0.05, 0.1) is 5.66 Å². The maximum absolute atomic E-state index is 11.0. The van der Waals surface area contributed by atoms with Gasteiger partial charge in [0.25, 0.3) is 0 Å². The van der Waals surface area contributed by atoms with Gasteiger partial charge in [-0.15, -0.1) is 0 Å². The Balaban J connectivity index is 2.99. The van der Waals surface area contributed by atoms with E-state index in [0.717, 1.165) is 0 Å². The van der Waals surface area contributed by atoms with E-state index < -0.39 is 13.3 Å². The molecule has 0 saturated heterocycles. The maximum atomic E-state index is 11.0. The normalized spacial score (nSPS) is 14.1. The van der Waals surface area contributed by atoms with Crippen molar-refractivity contribution in [1.82, 2.24) is 0 Å². The minimum absolute atomic E-state index is 0.439. The summed E-state index contributed by atoms with van der Waals surface area (Å²) in [5.74, 6) is 0. The molecule has 0 bridgehead atoms. The monoisotopic (exact) mass is 199 g/mol. The first kappa shape index (κ1) is 10.5. The zero-order chi connectivity index (χ0) is 9.90. The van der Waals surface area contributed by atoms with Crippen LogP contribution >= 0.6 is 7.60 Å². The van der Waals surface area contributed by atoms with Gasteiger partial charge >= 0.3 is 7.60 Å². The van der Waals surface area contributed by atoms with Gasteiger partial charge in [0, 0.05) is 0 Å². The van der Waals surface area contributed by atoms with E-state index in [1.54, 1.807) is 31.2 Å². The van der Waals surface area contributed by atoms with Crippen LogP contribution in [0.2, 0.25) is 0 Å². The molecule has 0 heterocycles. The molecule has 1 unspecified atom stereocenters. The molecule has 1 atom stereocenters. The Kier molecular flexibility index (Phi) is 3.26. The van der Waals surface area contributed by atoms with E-state index >= 15 is 0 Å². The average Bonchev–Trinajstić information content (AvgIpc) is 2.05. The van der Waals surface area contributed by atoms with Gasteiger partial charge in [-0.25, -0.2) is 0 Å². The average molecular weight is 199 g/mol. The van der Waals surface area contributed by atoms with Crippen LogP contribution in [0.5, 0.6) is 0 Å². The van der Waals surface area contributed by atoms with Gasteiger partial charge in [0.15, 0.2) is 0 Å². The SMILES string of the molecule is CCC(c1cc[c]cc1)P(=O)(O)O. The fourth-order valence-corrected chi connectivity index (χ4v) is 2.33. The molecule has 4 heteroatoms. The van der Waals surface area contributed by atoms with Crippen LogP contribution in [0, 0.1) is 6.07 Å². The molecule has 0 spiro atoms. The van der Waals surface area contributed by atoms with Crippen LogP contribution in [0.15, 0.2) is 24.3 Å². The van der Waals surface area contributed by atoms with Crippen molar-refractivity contribution >= 4 is 7.60 Å². The van der Waals surface area contributed by atoms with Gasteiger partial charge in [0.1, 0.15) is 0 Å². The molecule has 13 heavy (non-hydrogen) atoms. The summed E-state index contributed by atoms with van der Waals surface area (Å²) in [6.07, 6.45) is 0.439. The molecule has 0 aliphatic heterocycles. The number of hydrogen-bond donors (Lipinski definition) is 2. The van der Waals surface area contributed by atoms with Crippen LogP contribution < -0.4 is 0 Å². The molecule has 3 nitrogen and oxygen atoms in total. The first-order chi connectivity index (χ1) is 6.05. The molecule has 0 aromatic heterocycles. The van der Waals surface area contributed by atoms with E-state index in [1.165, 1.54) is 0 Å². The predicted molar refractivity (Wildman–Crippen MR) is 50.4 cm³/mol. The minimum atomic E-state index is -4.01. The highest BCUT2D eigenvalue weighted by atomic mass is 31.2. The molecule has 1 aromatic rings. The summed E-state index contributed by atoms with van der Waals surface area (Å²) in [5, 5.41) is 0. The summed E-state index contributed by atoms with van der Waals surface area (Å²) in [5.41, 5.74) is -0.00307. The van der Waals surface area contributed by atoms with Crippen molar-refractivity contribution in [1.29, 1.82) is 0 Å². The van der Waals surface area contributed by atoms with Gasteiger partial charge < -0.3 is 9.79 Å². The maximum Gasteiger partial charge on any atom is 0.332 e. The number of benzene rings is 1. The third-order valence-electron chi connectivity index (χ3n) is 1.92. The third kappa shape index (κ3) is 2.66. The Morgan fingerprint density at radius 2 is 2.00 bits per heavy atom. The summed E-state index contributed by atoms with van der Waals surface area (Å²) in [6, 6.07) is 9.51. The Bertz CT molecular complexity index is 304. The smallest absolute Gasteiger partial charge is 0.324 e. The fraction of sp³-hybridized carbons (Fsp3) is 0.333. The van der Waals surface area contributed by atoms with Crippen molar-refractivity contribution in [3.8, 4) is 0 Å². The lowest BCUT2D eigenvalue weighted by molar-refractivity contribution is 0.357. The second kappa shape index (κ2) is 4.05. The highest BCUT2D eigenvalue weighted by Gasteiger charge is 2.27. The molecule has 1 radical (unpaired) electrons. The molecule has 2 N–H and O–H groups in total. The van der Waals surface area contributed by atoms with Gasteiger partial charge in [0.2, 0.25) is 0 Å². The topological polar surface area (TPSA) is 57.5 Å². The lowest BCUT2D eigenvalue weighted by Crippen LogP contribution is -1.97. The first-order valence-electron chi connectivity index (χ1n) is 4.07. The van der Waals surface area contributed by atoms with Crippen LogP contribution in [0.3, 0.4) is 0 Å². The number of hydrogen-bond acceptors (Lipinski definition) is 1. The Morgan fingerprint density at radius 3 is 2.38 bits per heavy atom. The van der Waals surface area contributed by atoms with Gasteiger partial charge in [-0.2, -0.15) is 0 Å². The van der Waals surface area contributed by atoms with Gasteiger partial charge in [-0.1, -0.05) is 31.2 Å². The Hall–Kier alpha value is -0.630. The highest BCUT2D eigenvalue weighted by Crippen LogP contribution is 2.53. The summed E-state index contributed by atoms with van der Waals surface area (Å²) in [4.78, 5) is 18.1. The van der Waals surface area contributed by atoms with E-state index in [0.29, 0.717) is 12.0 Å². The van der Waals surface area contributed by atoms with Gasteiger partial charge in [-0.05, 0) is 18.1 Å². The molecule has 0 aliphatic rings. The van der Waals surface area contributed by atoms with E-state index in [9.17, 15) is 4.57 Å². The summed E-state index contributed by atoms with van der Waals surface area (Å²) >= 11 is 0. The summed E-state index contributed by atoms with van der Waals surface area (Å²) in [7, 11) is -4.01. The predicted octanol–water partition coefficient (Wildman–Crippen LogP) is 2.12. The second-order valence-corrected chi connectivity index (χ2v) is 4.65. The van der Waals surface area contributed by atoms with Gasteiger partial charge in [-0.3, -0.25) is 4.57 Å². The lowest BCUT2D eigenvalue weighted by atomic mass is 10.1. The zero-order valence-corrected chi connectivity index (χ0v) is 8.24. The largest absolute Gasteiger partial charge is 0.332 e. The molecule has 0 fully saturated rings. The van der Waals surface area contributed by atoms with Crippen molar-refractivity contribution in [3.63, 3.8) is 0 Å². The molecule has 1 rings (SSSR count). The van der Waals surface area contributed by atoms with Crippen LogP contribution in [0.25, 0.3) is 0 Å². The van der Waals surface area contributed by atoms with Crippen LogP contribution in [-0.2, 0) is 4.57 Å². The van der Waals surface area contributed by atoms with Crippen LogP contribution in [0.4, 0.5) is 0 Å². The van der Waals surface area contributed by atoms with Crippen molar-refractivity contribution in [2.24, 2.45) is 0 Å². The molecular weight excluding hydrogens is 187 g/mol. The zero-order valence-electron chi connectivity index (χ0n) is 7.34. The quantitative estimate of drug-likeness (QED) is 0.733. The summed E-state index contributed by atoms with van der Waals surface area (Å²) in [6.45, 7) is 1.76. The molecular formula is C9H12O3P. The van der Waals surface area contributed by atoms with Crippen molar-refractivity contribution in [2.75, 3.05) is 0 Å². The molecule has 0 aliphatic carbocycles. The second-order valence-electron chi connectivity index (χ2n) is 2.85. The standard InChI is InChI=1S/C9H12O3P/c1-2-9(13(10,11)12)8-6-4-3-5-7-8/h4-7,9H,2H2,1H3,(H2,10,11,12). The molecule has 0 amide bonds. The van der Waals surface area contributed by atoms with E-state index in [-0.39, 0.29) is 0 Å². The Labute approximate surface area is 77.6 Å². The molecule has 71 valence electrons. The Morgan fingerprint density at radius 1 is 1.46 bits per heavy atom. The first-order valence-corrected chi connectivity index (χ1v) is 5.75. The summed E-state index contributed by atoms with van der Waals surface area (Å²) < 4.78 is 11.0. The molecule has 1 aromatic carbocycles. The van der Waals surface area contributed by atoms with Crippen LogP contribution in [0.1, 0.15) is 24.6 Å².